The van der Waals surface area contributed by atoms with Gasteiger partial charge >= 0.3 is 11.9 Å². The molecule has 0 spiro atoms. The fourth-order valence-electron chi connectivity index (χ4n) is 4.11. The minimum atomic E-state index is -0.711. The molecule has 4 nitrogen and oxygen atoms in total. The lowest BCUT2D eigenvalue weighted by molar-refractivity contribution is -0.144. The van der Waals surface area contributed by atoms with Crippen LogP contribution in [0, 0.1) is 5.92 Å². The van der Waals surface area contributed by atoms with Crippen molar-refractivity contribution in [3.63, 3.8) is 0 Å². The van der Waals surface area contributed by atoms with Gasteiger partial charge in [0.15, 0.2) is 0 Å². The highest BCUT2D eigenvalue weighted by molar-refractivity contribution is 5.69. The molecule has 0 bridgehead atoms. The van der Waals surface area contributed by atoms with E-state index in [1.807, 2.05) is 0 Å². The second-order valence-corrected chi connectivity index (χ2v) is 10.0. The predicted octanol–water partition coefficient (Wildman–Crippen LogP) is 8.85. The summed E-state index contributed by atoms with van der Waals surface area (Å²) in [6, 6.07) is 0. The van der Waals surface area contributed by atoms with Gasteiger partial charge in [0, 0.05) is 12.8 Å². The minimum absolute atomic E-state index is 0.0594. The lowest BCUT2D eigenvalue weighted by Gasteiger charge is -2.06. The normalized spacial score (nSPS) is 11.2. The molecule has 0 aliphatic rings. The van der Waals surface area contributed by atoms with Gasteiger partial charge in [0.1, 0.15) is 0 Å². The van der Waals surface area contributed by atoms with Crippen molar-refractivity contribution in [3.05, 3.63) is 0 Å². The SMILES string of the molecule is CC(C)CCCCCCCCCCCCCCCOC(=O)CCCCCCCCC(=O)O. The van der Waals surface area contributed by atoms with Crippen LogP contribution in [-0.2, 0) is 14.3 Å². The van der Waals surface area contributed by atoms with E-state index >= 15 is 0 Å². The van der Waals surface area contributed by atoms with Crippen LogP contribution in [0.2, 0.25) is 0 Å². The Labute approximate surface area is 199 Å². The molecule has 0 aromatic heterocycles. The number of hydrogen-bond acceptors (Lipinski definition) is 3. The van der Waals surface area contributed by atoms with Gasteiger partial charge in [-0.05, 0) is 25.2 Å². The van der Waals surface area contributed by atoms with Gasteiger partial charge in [-0.3, -0.25) is 9.59 Å². The van der Waals surface area contributed by atoms with Gasteiger partial charge in [0.2, 0.25) is 0 Å². The average molecular weight is 455 g/mol. The van der Waals surface area contributed by atoms with Gasteiger partial charge in [0.25, 0.3) is 0 Å². The van der Waals surface area contributed by atoms with Crippen LogP contribution in [0.4, 0.5) is 0 Å². The van der Waals surface area contributed by atoms with Gasteiger partial charge in [0.05, 0.1) is 6.61 Å². The zero-order chi connectivity index (χ0) is 23.7. The molecule has 0 atom stereocenters. The summed E-state index contributed by atoms with van der Waals surface area (Å²) in [5.74, 6) is 0.0911. The van der Waals surface area contributed by atoms with Crippen molar-refractivity contribution in [1.29, 1.82) is 0 Å². The molecule has 0 saturated carbocycles. The highest BCUT2D eigenvalue weighted by atomic mass is 16.5. The summed E-state index contributed by atoms with van der Waals surface area (Å²) in [7, 11) is 0. The van der Waals surface area contributed by atoms with E-state index in [4.69, 9.17) is 9.84 Å². The van der Waals surface area contributed by atoms with Crippen molar-refractivity contribution in [2.24, 2.45) is 5.92 Å². The number of ether oxygens (including phenoxy) is 1. The number of rotatable bonds is 25. The average Bonchev–Trinajstić information content (AvgIpc) is 2.74. The van der Waals surface area contributed by atoms with E-state index in [0.29, 0.717) is 13.0 Å². The number of unbranched alkanes of at least 4 members (excludes halogenated alkanes) is 17. The number of carbonyl (C=O) groups excluding carboxylic acids is 1. The topological polar surface area (TPSA) is 63.6 Å². The van der Waals surface area contributed by atoms with Crippen molar-refractivity contribution in [1.82, 2.24) is 0 Å². The highest BCUT2D eigenvalue weighted by Gasteiger charge is 2.03. The standard InChI is InChI=1S/C28H54O4/c1-26(2)22-18-14-10-8-6-4-3-5-7-9-13-17-21-25-32-28(31)24-20-16-12-11-15-19-23-27(29)30/h26H,3-25H2,1-2H3,(H,29,30). The summed E-state index contributed by atoms with van der Waals surface area (Å²) in [5, 5.41) is 8.58. The molecule has 4 heteroatoms. The number of hydrogen-bond donors (Lipinski definition) is 1. The second kappa shape index (κ2) is 24.6. The first-order chi connectivity index (χ1) is 15.5. The molecule has 0 unspecified atom stereocenters. The van der Waals surface area contributed by atoms with Crippen molar-refractivity contribution in [2.45, 2.75) is 155 Å². The molecular weight excluding hydrogens is 400 g/mol. The molecule has 0 aromatic rings. The van der Waals surface area contributed by atoms with Crippen LogP contribution < -0.4 is 0 Å². The number of carboxylic acids is 1. The van der Waals surface area contributed by atoms with Crippen LogP contribution >= 0.6 is 0 Å². The molecule has 32 heavy (non-hydrogen) atoms. The molecule has 0 amide bonds. The number of aliphatic carboxylic acids is 1. The second-order valence-electron chi connectivity index (χ2n) is 10.0. The Bertz CT molecular complexity index is 420. The third kappa shape index (κ3) is 27.0. The molecule has 1 N–H and O–H groups in total. The molecular formula is C28H54O4. The maximum atomic E-state index is 11.7. The largest absolute Gasteiger partial charge is 0.481 e. The summed E-state index contributed by atoms with van der Waals surface area (Å²) in [4.78, 5) is 22.1. The van der Waals surface area contributed by atoms with Crippen molar-refractivity contribution < 1.29 is 19.4 Å². The molecule has 0 heterocycles. The molecule has 190 valence electrons. The minimum Gasteiger partial charge on any atom is -0.481 e. The monoisotopic (exact) mass is 454 g/mol. The van der Waals surface area contributed by atoms with Crippen molar-refractivity contribution in [3.8, 4) is 0 Å². The van der Waals surface area contributed by atoms with E-state index in [9.17, 15) is 9.59 Å². The molecule has 0 rings (SSSR count). The Morgan fingerprint density at radius 3 is 1.38 bits per heavy atom. The van der Waals surface area contributed by atoms with E-state index in [0.717, 1.165) is 50.9 Å². The van der Waals surface area contributed by atoms with Crippen LogP contribution in [0.15, 0.2) is 0 Å². The third-order valence-electron chi connectivity index (χ3n) is 6.21. The predicted molar refractivity (Wildman–Crippen MR) is 135 cm³/mol. The van der Waals surface area contributed by atoms with Crippen molar-refractivity contribution in [2.75, 3.05) is 6.61 Å². The zero-order valence-electron chi connectivity index (χ0n) is 21.5. The lowest BCUT2D eigenvalue weighted by Crippen LogP contribution is -2.05. The fraction of sp³-hybridized carbons (Fsp3) is 0.929. The smallest absolute Gasteiger partial charge is 0.305 e. The quantitative estimate of drug-likeness (QED) is 0.110. The summed E-state index contributed by atoms with van der Waals surface area (Å²) in [6.07, 6.45) is 25.3. The van der Waals surface area contributed by atoms with Crippen LogP contribution in [0.1, 0.15) is 155 Å². The van der Waals surface area contributed by atoms with E-state index in [-0.39, 0.29) is 12.4 Å². The molecule has 0 aliphatic heterocycles. The van der Waals surface area contributed by atoms with Crippen LogP contribution in [0.3, 0.4) is 0 Å². The Morgan fingerprint density at radius 2 is 0.938 bits per heavy atom. The van der Waals surface area contributed by atoms with Gasteiger partial charge in [-0.1, -0.05) is 123 Å². The lowest BCUT2D eigenvalue weighted by atomic mass is 10.0. The summed E-state index contributed by atoms with van der Waals surface area (Å²) >= 11 is 0. The highest BCUT2D eigenvalue weighted by Crippen LogP contribution is 2.14. The summed E-state index contributed by atoms with van der Waals surface area (Å²) in [5.41, 5.74) is 0. The van der Waals surface area contributed by atoms with Crippen LogP contribution in [0.25, 0.3) is 0 Å². The summed E-state index contributed by atoms with van der Waals surface area (Å²) < 4.78 is 5.33. The molecule has 0 fully saturated rings. The van der Waals surface area contributed by atoms with E-state index < -0.39 is 5.97 Å². The Balaban J connectivity index is 3.16. The third-order valence-corrected chi connectivity index (χ3v) is 6.21. The van der Waals surface area contributed by atoms with E-state index in [2.05, 4.69) is 13.8 Å². The first-order valence-electron chi connectivity index (χ1n) is 13.9. The first kappa shape index (κ1) is 30.9. The molecule has 0 aromatic carbocycles. The zero-order valence-corrected chi connectivity index (χ0v) is 21.5. The van der Waals surface area contributed by atoms with Gasteiger partial charge < -0.3 is 9.84 Å². The van der Waals surface area contributed by atoms with E-state index in [1.54, 1.807) is 0 Å². The van der Waals surface area contributed by atoms with Crippen LogP contribution in [0.5, 0.6) is 0 Å². The number of carboxylic acid groups (broad SMARTS) is 1. The van der Waals surface area contributed by atoms with Crippen LogP contribution in [-0.4, -0.2) is 23.7 Å². The van der Waals surface area contributed by atoms with Gasteiger partial charge in [-0.25, -0.2) is 0 Å². The number of carbonyl (C=O) groups is 2. The molecule has 0 radical (unpaired) electrons. The molecule has 0 saturated heterocycles. The van der Waals surface area contributed by atoms with E-state index in [1.165, 1.54) is 83.5 Å². The van der Waals surface area contributed by atoms with Gasteiger partial charge in [-0.2, -0.15) is 0 Å². The maximum absolute atomic E-state index is 11.7. The maximum Gasteiger partial charge on any atom is 0.305 e. The van der Waals surface area contributed by atoms with Gasteiger partial charge in [-0.15, -0.1) is 0 Å². The number of esters is 1. The summed E-state index contributed by atoms with van der Waals surface area (Å²) in [6.45, 7) is 5.21. The van der Waals surface area contributed by atoms with Crippen molar-refractivity contribution >= 4 is 11.9 Å². The Kier molecular flexibility index (Phi) is 23.8. The molecule has 0 aliphatic carbocycles. The fourth-order valence-corrected chi connectivity index (χ4v) is 4.11. The Hall–Kier alpha value is -1.06. The first-order valence-corrected chi connectivity index (χ1v) is 13.9. The Morgan fingerprint density at radius 1 is 0.562 bits per heavy atom.